The maximum absolute atomic E-state index is 5.81. The molecule has 1 aromatic heterocycles. The molecule has 1 aliphatic heterocycles. The van der Waals surface area contributed by atoms with E-state index in [1.54, 1.807) is 6.20 Å². The fourth-order valence-corrected chi connectivity index (χ4v) is 3.27. The second kappa shape index (κ2) is 4.73. The number of nitrogens with zero attached hydrogens (tertiary/aromatic N) is 1. The molecule has 1 aliphatic rings. The average Bonchev–Trinajstić information content (AvgIpc) is 2.62. The summed E-state index contributed by atoms with van der Waals surface area (Å²) in [5.41, 5.74) is 0. The monoisotopic (exact) mass is 292 g/mol. The zero-order valence-corrected chi connectivity index (χ0v) is 10.6. The van der Waals surface area contributed by atoms with Crippen LogP contribution in [0, 0.1) is 0 Å². The zero-order valence-electron chi connectivity index (χ0n) is 7.46. The Morgan fingerprint density at radius 3 is 3.14 bits per heavy atom. The third kappa shape index (κ3) is 2.55. The van der Waals surface area contributed by atoms with Crippen LogP contribution >= 0.6 is 39.3 Å². The van der Waals surface area contributed by atoms with Gasteiger partial charge < -0.3 is 5.32 Å². The van der Waals surface area contributed by atoms with E-state index in [2.05, 4.69) is 26.2 Å². The summed E-state index contributed by atoms with van der Waals surface area (Å²) in [6.45, 7) is 0. The van der Waals surface area contributed by atoms with Gasteiger partial charge in [0.1, 0.15) is 5.82 Å². The van der Waals surface area contributed by atoms with E-state index in [4.69, 9.17) is 11.6 Å². The van der Waals surface area contributed by atoms with Crippen molar-refractivity contribution < 1.29 is 0 Å². The van der Waals surface area contributed by atoms with Gasteiger partial charge in [0.25, 0.3) is 0 Å². The van der Waals surface area contributed by atoms with E-state index in [1.807, 2.05) is 17.8 Å². The maximum Gasteiger partial charge on any atom is 0.140 e. The topological polar surface area (TPSA) is 24.9 Å². The molecule has 1 atom stereocenters. The molecule has 1 saturated heterocycles. The predicted octanol–water partition coefficient (Wildman–Crippen LogP) is 3.41. The lowest BCUT2D eigenvalue weighted by atomic mass is 10.2. The van der Waals surface area contributed by atoms with Gasteiger partial charge in [0.05, 0.1) is 9.50 Å². The van der Waals surface area contributed by atoms with Crippen molar-refractivity contribution in [2.24, 2.45) is 0 Å². The van der Waals surface area contributed by atoms with Gasteiger partial charge in [-0.05, 0) is 34.2 Å². The van der Waals surface area contributed by atoms with Gasteiger partial charge >= 0.3 is 0 Å². The van der Waals surface area contributed by atoms with Gasteiger partial charge in [0, 0.05) is 18.0 Å². The third-order valence-electron chi connectivity index (χ3n) is 2.08. The third-order valence-corrected chi connectivity index (χ3v) is 4.05. The lowest BCUT2D eigenvalue weighted by Gasteiger charge is -2.13. The Bertz CT molecular complexity index is 329. The molecule has 14 heavy (non-hydrogen) atoms. The van der Waals surface area contributed by atoms with Crippen LogP contribution < -0.4 is 5.32 Å². The largest absolute Gasteiger partial charge is 0.366 e. The number of halogens is 2. The molecule has 0 aromatic carbocycles. The second-order valence-corrected chi connectivity index (χ2v) is 5.63. The van der Waals surface area contributed by atoms with Crippen molar-refractivity contribution in [1.82, 2.24) is 4.98 Å². The minimum atomic E-state index is 0.546. The van der Waals surface area contributed by atoms with Crippen molar-refractivity contribution in [2.45, 2.75) is 12.5 Å². The normalized spacial score (nSPS) is 21.1. The molecular formula is C9H10BrClN2S. The standard InChI is InChI=1S/C9H10BrClN2S/c10-8-3-6(11)4-12-9(8)13-7-1-2-14-5-7/h3-4,7H,1-2,5H2,(H,12,13). The maximum atomic E-state index is 5.81. The number of nitrogens with one attached hydrogen (secondary N) is 1. The lowest BCUT2D eigenvalue weighted by molar-refractivity contribution is 0.806. The van der Waals surface area contributed by atoms with Gasteiger partial charge in [0.2, 0.25) is 0 Å². The molecule has 2 rings (SSSR count). The SMILES string of the molecule is Clc1cnc(NC2CCSC2)c(Br)c1. The second-order valence-electron chi connectivity index (χ2n) is 3.19. The van der Waals surface area contributed by atoms with E-state index in [0.717, 1.165) is 16.0 Å². The van der Waals surface area contributed by atoms with Crippen molar-refractivity contribution in [2.75, 3.05) is 16.8 Å². The van der Waals surface area contributed by atoms with Crippen LogP contribution in [0.5, 0.6) is 0 Å². The highest BCUT2D eigenvalue weighted by Gasteiger charge is 2.16. The van der Waals surface area contributed by atoms with Gasteiger partial charge in [-0.3, -0.25) is 0 Å². The van der Waals surface area contributed by atoms with Crippen LogP contribution in [-0.2, 0) is 0 Å². The van der Waals surface area contributed by atoms with Gasteiger partial charge in [-0.1, -0.05) is 11.6 Å². The summed E-state index contributed by atoms with van der Waals surface area (Å²) in [5.74, 6) is 3.29. The highest BCUT2D eigenvalue weighted by molar-refractivity contribution is 9.10. The van der Waals surface area contributed by atoms with E-state index in [-0.39, 0.29) is 0 Å². The van der Waals surface area contributed by atoms with Crippen LogP contribution in [0.3, 0.4) is 0 Å². The summed E-state index contributed by atoms with van der Waals surface area (Å²) in [6, 6.07) is 2.41. The van der Waals surface area contributed by atoms with Crippen molar-refractivity contribution >= 4 is 45.1 Å². The molecule has 1 fully saturated rings. The molecule has 0 bridgehead atoms. The number of aromatic nitrogens is 1. The Hall–Kier alpha value is 0.0700. The summed E-state index contributed by atoms with van der Waals surface area (Å²) < 4.78 is 0.932. The quantitative estimate of drug-likeness (QED) is 0.904. The van der Waals surface area contributed by atoms with Crippen molar-refractivity contribution in [3.63, 3.8) is 0 Å². The first-order valence-electron chi connectivity index (χ1n) is 4.41. The van der Waals surface area contributed by atoms with Crippen LogP contribution in [0.2, 0.25) is 5.02 Å². The first kappa shape index (κ1) is 10.6. The highest BCUT2D eigenvalue weighted by Crippen LogP contribution is 2.26. The van der Waals surface area contributed by atoms with Crippen molar-refractivity contribution in [1.29, 1.82) is 0 Å². The number of hydrogen-bond donors (Lipinski definition) is 1. The smallest absolute Gasteiger partial charge is 0.140 e. The molecule has 2 heterocycles. The van der Waals surface area contributed by atoms with E-state index in [0.29, 0.717) is 11.1 Å². The van der Waals surface area contributed by atoms with E-state index in [1.165, 1.54) is 12.2 Å². The molecule has 76 valence electrons. The van der Waals surface area contributed by atoms with E-state index >= 15 is 0 Å². The summed E-state index contributed by atoms with van der Waals surface area (Å²) in [6.07, 6.45) is 2.87. The number of rotatable bonds is 2. The van der Waals surface area contributed by atoms with E-state index in [9.17, 15) is 0 Å². The molecule has 0 amide bonds. The first-order valence-corrected chi connectivity index (χ1v) is 6.73. The molecule has 0 spiro atoms. The summed E-state index contributed by atoms with van der Waals surface area (Å²) >= 11 is 11.2. The molecule has 1 N–H and O–H groups in total. The summed E-state index contributed by atoms with van der Waals surface area (Å²) in [7, 11) is 0. The van der Waals surface area contributed by atoms with Gasteiger partial charge in [-0.2, -0.15) is 11.8 Å². The van der Waals surface area contributed by atoms with Crippen molar-refractivity contribution in [3.8, 4) is 0 Å². The van der Waals surface area contributed by atoms with Crippen LogP contribution in [0.15, 0.2) is 16.7 Å². The summed E-state index contributed by atoms with van der Waals surface area (Å²) in [5, 5.41) is 4.05. The number of anilines is 1. The Balaban J connectivity index is 2.08. The molecule has 2 nitrogen and oxygen atoms in total. The molecule has 1 aromatic rings. The van der Waals surface area contributed by atoms with Crippen LogP contribution in [0.25, 0.3) is 0 Å². The van der Waals surface area contributed by atoms with Gasteiger partial charge in [-0.15, -0.1) is 0 Å². The fourth-order valence-electron chi connectivity index (χ4n) is 1.36. The summed E-state index contributed by atoms with van der Waals surface area (Å²) in [4.78, 5) is 4.24. The first-order chi connectivity index (χ1) is 6.75. The van der Waals surface area contributed by atoms with Gasteiger partial charge in [0.15, 0.2) is 0 Å². The zero-order chi connectivity index (χ0) is 9.97. The number of thioether (sulfide) groups is 1. The van der Waals surface area contributed by atoms with Gasteiger partial charge in [-0.25, -0.2) is 4.98 Å². The molecule has 0 radical (unpaired) electrons. The predicted molar refractivity (Wildman–Crippen MR) is 66.3 cm³/mol. The van der Waals surface area contributed by atoms with Crippen LogP contribution in [-0.4, -0.2) is 22.5 Å². The Morgan fingerprint density at radius 1 is 1.64 bits per heavy atom. The molecule has 1 unspecified atom stereocenters. The Labute approximate surface area is 101 Å². The average molecular weight is 294 g/mol. The Kier molecular flexibility index (Phi) is 3.57. The van der Waals surface area contributed by atoms with Crippen LogP contribution in [0.4, 0.5) is 5.82 Å². The fraction of sp³-hybridized carbons (Fsp3) is 0.444. The minimum absolute atomic E-state index is 0.546. The number of pyridine rings is 1. The molecule has 5 heteroatoms. The molecular weight excluding hydrogens is 284 g/mol. The Morgan fingerprint density at radius 2 is 2.50 bits per heavy atom. The highest BCUT2D eigenvalue weighted by atomic mass is 79.9. The number of hydrogen-bond acceptors (Lipinski definition) is 3. The van der Waals surface area contributed by atoms with Crippen molar-refractivity contribution in [3.05, 3.63) is 21.8 Å². The molecule has 0 saturated carbocycles. The molecule has 0 aliphatic carbocycles. The van der Waals surface area contributed by atoms with E-state index < -0.39 is 0 Å². The lowest BCUT2D eigenvalue weighted by Crippen LogP contribution is -2.19. The minimum Gasteiger partial charge on any atom is -0.366 e. The van der Waals surface area contributed by atoms with Crippen LogP contribution in [0.1, 0.15) is 6.42 Å².